The van der Waals surface area contributed by atoms with Crippen LogP contribution in [0.15, 0.2) is 61.5 Å². The number of aromatic nitrogens is 2. The van der Waals surface area contributed by atoms with E-state index < -0.39 is 8.32 Å². The SMILES string of the molecule is CCc1c(Sc2ccccc2)n(CC2=CCCC2CO[Si](C)(C)C(C)(C)C)c(=O)[nH]c1=O. The Morgan fingerprint density at radius 3 is 2.50 bits per heavy atom. The maximum Gasteiger partial charge on any atom is 0.329 e. The molecule has 0 aliphatic heterocycles. The van der Waals surface area contributed by atoms with Gasteiger partial charge in [-0.05, 0) is 55.1 Å². The molecule has 3 rings (SSSR count). The fourth-order valence-electron chi connectivity index (χ4n) is 3.68. The zero-order valence-electron chi connectivity index (χ0n) is 20.2. The van der Waals surface area contributed by atoms with Crippen molar-refractivity contribution in [1.82, 2.24) is 9.55 Å². The summed E-state index contributed by atoms with van der Waals surface area (Å²) in [7, 11) is -1.84. The monoisotopic (exact) mass is 472 g/mol. The van der Waals surface area contributed by atoms with Crippen LogP contribution in [-0.2, 0) is 17.4 Å². The Morgan fingerprint density at radius 1 is 1.19 bits per heavy atom. The van der Waals surface area contributed by atoms with Crippen LogP contribution in [0.3, 0.4) is 0 Å². The molecule has 0 saturated carbocycles. The summed E-state index contributed by atoms with van der Waals surface area (Å²) in [5.74, 6) is 0.308. The van der Waals surface area contributed by atoms with Crippen molar-refractivity contribution in [3.63, 3.8) is 0 Å². The molecule has 0 spiro atoms. The summed E-state index contributed by atoms with van der Waals surface area (Å²) >= 11 is 1.49. The van der Waals surface area contributed by atoms with Crippen molar-refractivity contribution in [3.05, 3.63) is 68.4 Å². The lowest BCUT2D eigenvalue weighted by Gasteiger charge is -2.37. The second kappa shape index (κ2) is 9.97. The third-order valence-electron chi connectivity index (χ3n) is 6.79. The number of hydrogen-bond donors (Lipinski definition) is 1. The maximum atomic E-state index is 12.9. The molecule has 5 nitrogen and oxygen atoms in total. The van der Waals surface area contributed by atoms with E-state index in [9.17, 15) is 9.59 Å². The van der Waals surface area contributed by atoms with Crippen LogP contribution in [0, 0.1) is 5.92 Å². The van der Waals surface area contributed by atoms with E-state index in [1.807, 2.05) is 37.3 Å². The minimum Gasteiger partial charge on any atom is -0.416 e. The quantitative estimate of drug-likeness (QED) is 0.308. The summed E-state index contributed by atoms with van der Waals surface area (Å²) < 4.78 is 8.26. The van der Waals surface area contributed by atoms with Crippen molar-refractivity contribution in [3.8, 4) is 0 Å². The molecule has 1 heterocycles. The van der Waals surface area contributed by atoms with E-state index in [4.69, 9.17) is 4.43 Å². The number of H-pyrrole nitrogens is 1. The van der Waals surface area contributed by atoms with Gasteiger partial charge in [-0.25, -0.2) is 4.79 Å². The molecule has 2 aromatic rings. The molecular weight excluding hydrogens is 436 g/mol. The minimum absolute atomic E-state index is 0.168. The third-order valence-corrected chi connectivity index (χ3v) is 12.5. The molecule has 1 unspecified atom stereocenters. The number of benzene rings is 1. The smallest absolute Gasteiger partial charge is 0.329 e. The Balaban J connectivity index is 1.89. The fourth-order valence-corrected chi connectivity index (χ4v) is 5.86. The molecule has 0 bridgehead atoms. The van der Waals surface area contributed by atoms with Crippen molar-refractivity contribution >= 4 is 20.1 Å². The molecule has 1 aromatic carbocycles. The van der Waals surface area contributed by atoms with Crippen LogP contribution in [0.2, 0.25) is 18.1 Å². The van der Waals surface area contributed by atoms with Gasteiger partial charge in [0.2, 0.25) is 0 Å². The van der Waals surface area contributed by atoms with Crippen LogP contribution in [0.1, 0.15) is 46.1 Å². The molecule has 1 aliphatic rings. The van der Waals surface area contributed by atoms with E-state index in [0.717, 1.165) is 22.8 Å². The molecular formula is C25H36N2O3SSi. The number of nitrogens with zero attached hydrogens (tertiary/aromatic N) is 1. The standard InChI is InChI=1S/C25H36N2O3SSi/c1-7-21-22(28)26-24(29)27(23(21)31-20-14-9-8-10-15-20)16-18-12-11-13-19(18)17-30-32(5,6)25(2,3)4/h8-10,12,14-15,19H,7,11,13,16-17H2,1-6H3,(H,26,28,29). The van der Waals surface area contributed by atoms with Gasteiger partial charge in [-0.15, -0.1) is 0 Å². The minimum atomic E-state index is -1.84. The molecule has 32 heavy (non-hydrogen) atoms. The van der Waals surface area contributed by atoms with Gasteiger partial charge < -0.3 is 4.43 Å². The van der Waals surface area contributed by atoms with E-state index in [0.29, 0.717) is 31.1 Å². The van der Waals surface area contributed by atoms with E-state index in [2.05, 4.69) is 44.9 Å². The van der Waals surface area contributed by atoms with Gasteiger partial charge in [0, 0.05) is 29.5 Å². The van der Waals surface area contributed by atoms with Gasteiger partial charge in [0.25, 0.3) is 5.56 Å². The van der Waals surface area contributed by atoms with Gasteiger partial charge in [0.1, 0.15) is 0 Å². The van der Waals surface area contributed by atoms with E-state index in [1.165, 1.54) is 17.3 Å². The lowest BCUT2D eigenvalue weighted by atomic mass is 10.0. The normalized spacial score (nSPS) is 16.9. The van der Waals surface area contributed by atoms with E-state index >= 15 is 0 Å². The highest BCUT2D eigenvalue weighted by Gasteiger charge is 2.38. The number of aromatic amines is 1. The Morgan fingerprint density at radius 2 is 1.88 bits per heavy atom. The first-order chi connectivity index (χ1) is 15.0. The molecule has 0 radical (unpaired) electrons. The third kappa shape index (κ3) is 5.56. The van der Waals surface area contributed by atoms with Crippen LogP contribution < -0.4 is 11.2 Å². The zero-order chi connectivity index (χ0) is 23.5. The topological polar surface area (TPSA) is 64.1 Å². The maximum absolute atomic E-state index is 12.9. The Bertz CT molecular complexity index is 1080. The van der Waals surface area contributed by atoms with Gasteiger partial charge in [0.15, 0.2) is 8.32 Å². The summed E-state index contributed by atoms with van der Waals surface area (Å²) in [6.07, 6.45) is 4.87. The molecule has 0 fully saturated rings. The molecule has 1 atom stereocenters. The van der Waals surface area contributed by atoms with Crippen LogP contribution >= 0.6 is 11.8 Å². The van der Waals surface area contributed by atoms with Crippen molar-refractivity contribution in [2.75, 3.05) is 6.61 Å². The van der Waals surface area contributed by atoms with Crippen molar-refractivity contribution in [2.24, 2.45) is 5.92 Å². The molecule has 1 aromatic heterocycles. The zero-order valence-corrected chi connectivity index (χ0v) is 22.0. The Hall–Kier alpha value is -1.83. The van der Waals surface area contributed by atoms with Gasteiger partial charge in [-0.3, -0.25) is 14.3 Å². The van der Waals surface area contributed by atoms with Crippen molar-refractivity contribution in [2.45, 2.75) is 81.6 Å². The predicted molar refractivity (Wildman–Crippen MR) is 135 cm³/mol. The number of rotatable bonds is 8. The molecule has 0 amide bonds. The Labute approximate surface area is 196 Å². The summed E-state index contributed by atoms with van der Waals surface area (Å²) in [6, 6.07) is 9.91. The largest absolute Gasteiger partial charge is 0.416 e. The number of hydrogen-bond acceptors (Lipinski definition) is 4. The molecule has 1 N–H and O–H groups in total. The van der Waals surface area contributed by atoms with Crippen LogP contribution in [0.5, 0.6) is 0 Å². The predicted octanol–water partition coefficient (Wildman–Crippen LogP) is 5.61. The highest BCUT2D eigenvalue weighted by molar-refractivity contribution is 7.99. The van der Waals surface area contributed by atoms with E-state index in [-0.39, 0.29) is 16.3 Å². The highest BCUT2D eigenvalue weighted by Crippen LogP contribution is 2.38. The van der Waals surface area contributed by atoms with Gasteiger partial charge in [-0.2, -0.15) is 0 Å². The number of nitrogens with one attached hydrogen (secondary N) is 1. The average Bonchev–Trinajstić information content (AvgIpc) is 3.16. The second-order valence-corrected chi connectivity index (χ2v) is 15.9. The van der Waals surface area contributed by atoms with Gasteiger partial charge in [0.05, 0.1) is 5.03 Å². The highest BCUT2D eigenvalue weighted by atomic mass is 32.2. The number of allylic oxidation sites excluding steroid dienone is 1. The summed E-state index contributed by atoms with van der Waals surface area (Å²) in [5.41, 5.74) is 1.26. The first-order valence-corrected chi connectivity index (χ1v) is 15.2. The lowest BCUT2D eigenvalue weighted by molar-refractivity contribution is 0.241. The molecule has 7 heteroatoms. The first kappa shape index (κ1) is 24.8. The van der Waals surface area contributed by atoms with Crippen LogP contribution in [-0.4, -0.2) is 24.5 Å². The molecule has 174 valence electrons. The van der Waals surface area contributed by atoms with Gasteiger partial charge >= 0.3 is 5.69 Å². The first-order valence-electron chi connectivity index (χ1n) is 11.4. The summed E-state index contributed by atoms with van der Waals surface area (Å²) in [4.78, 5) is 29.0. The Kier molecular flexibility index (Phi) is 7.73. The average molecular weight is 473 g/mol. The van der Waals surface area contributed by atoms with Crippen molar-refractivity contribution in [1.29, 1.82) is 0 Å². The van der Waals surface area contributed by atoms with Crippen LogP contribution in [0.25, 0.3) is 0 Å². The molecule has 1 aliphatic carbocycles. The fraction of sp³-hybridized carbons (Fsp3) is 0.520. The summed E-state index contributed by atoms with van der Waals surface area (Å²) in [5, 5.41) is 0.908. The van der Waals surface area contributed by atoms with Crippen molar-refractivity contribution < 1.29 is 4.43 Å². The van der Waals surface area contributed by atoms with Gasteiger partial charge in [-0.1, -0.05) is 63.7 Å². The molecule has 0 saturated heterocycles. The van der Waals surface area contributed by atoms with E-state index in [1.54, 1.807) is 4.57 Å². The lowest BCUT2D eigenvalue weighted by Crippen LogP contribution is -2.42. The van der Waals surface area contributed by atoms with Crippen LogP contribution in [0.4, 0.5) is 0 Å². The summed E-state index contributed by atoms with van der Waals surface area (Å²) in [6.45, 7) is 14.5. The second-order valence-electron chi connectivity index (χ2n) is 10.0.